The summed E-state index contributed by atoms with van der Waals surface area (Å²) in [6.07, 6.45) is -3.53. The molecule has 2 heterocycles. The third kappa shape index (κ3) is 12.5. The zero-order chi connectivity index (χ0) is 42.6. The molecule has 6 rings (SSSR count). The molecule has 0 amide bonds. The van der Waals surface area contributed by atoms with Crippen molar-refractivity contribution in [2.24, 2.45) is 11.8 Å². The Balaban J connectivity index is 1.30. The summed E-state index contributed by atoms with van der Waals surface area (Å²) in [5.41, 5.74) is 3.57. The summed E-state index contributed by atoms with van der Waals surface area (Å²) < 4.78 is 91.0. The first-order valence-corrected chi connectivity index (χ1v) is 25.5. The molecule has 2 unspecified atom stereocenters. The molecule has 2 aliphatic rings. The average molecular weight is 916 g/mol. The van der Waals surface area contributed by atoms with E-state index < -0.39 is 55.0 Å². The van der Waals surface area contributed by atoms with Gasteiger partial charge in [0.1, 0.15) is 0 Å². The standard InChI is InChI=1S/C46H60O12SSe/c1-7-42-32(3)41(54-26-34-15-21-38(51-5)22-16-34)30-60(42)29-31(2)43(58-59(47,48)49)45(55-27-35-17-23-39(52-6)24-18-35)44-40(53-25-33-13-19-37(50-4)20-14-33)28-56-46(57-44)36-11-9-8-10-12-36/h8-24,31-32,40-46,60H,7,25-30H2,1-6H3,(H,47,48,49)/t31-,32+,40+,41-,42-,43-,44-,45+,46?/m1/s1. The van der Waals surface area contributed by atoms with Crippen molar-refractivity contribution in [3.05, 3.63) is 125 Å². The SMILES string of the molecule is CC[C@@H]1[C@@H](C)[C@H](OCc2ccc(OC)cc2)C[SeH]1C[C@@H](C)[C@@H](OS(=O)(=O)O)[C@H](OCc1ccc(OC)cc1)[C@@H]1OC(c2ccccc2)OC[C@@H]1OCc1ccc(OC)cc1. The van der Waals surface area contributed by atoms with Crippen molar-refractivity contribution in [1.82, 2.24) is 0 Å². The second kappa shape index (κ2) is 22.0. The fourth-order valence-corrected chi connectivity index (χ4v) is 16.9. The van der Waals surface area contributed by atoms with Gasteiger partial charge in [0.25, 0.3) is 0 Å². The third-order valence-corrected chi connectivity index (χ3v) is 19.6. The quantitative estimate of drug-likeness (QED) is 0.0636. The maximum atomic E-state index is 12.9. The molecular weight excluding hydrogens is 856 g/mol. The van der Waals surface area contributed by atoms with E-state index in [0.29, 0.717) is 23.1 Å². The van der Waals surface area contributed by atoms with E-state index in [4.69, 9.17) is 42.1 Å². The van der Waals surface area contributed by atoms with Gasteiger partial charge in [-0.25, -0.2) is 0 Å². The van der Waals surface area contributed by atoms with E-state index in [1.165, 1.54) is 0 Å². The molecular formula is C46H60O12SSe. The second-order valence-electron chi connectivity index (χ2n) is 15.4. The van der Waals surface area contributed by atoms with Crippen LogP contribution < -0.4 is 14.2 Å². The van der Waals surface area contributed by atoms with Crippen LogP contribution in [0.3, 0.4) is 0 Å². The van der Waals surface area contributed by atoms with Crippen LogP contribution in [0.2, 0.25) is 15.5 Å². The Labute approximate surface area is 359 Å². The molecule has 0 radical (unpaired) electrons. The molecule has 0 aliphatic carbocycles. The van der Waals surface area contributed by atoms with Gasteiger partial charge in [-0.15, -0.1) is 0 Å². The van der Waals surface area contributed by atoms with Gasteiger partial charge >= 0.3 is 349 Å². The van der Waals surface area contributed by atoms with Gasteiger partial charge in [-0.1, -0.05) is 0 Å². The summed E-state index contributed by atoms with van der Waals surface area (Å²) in [5, 5.41) is 1.66. The Hall–Kier alpha value is -3.53. The Morgan fingerprint density at radius 1 is 0.750 bits per heavy atom. The summed E-state index contributed by atoms with van der Waals surface area (Å²) in [5.74, 6) is 2.15. The van der Waals surface area contributed by atoms with E-state index in [1.807, 2.05) is 110 Å². The van der Waals surface area contributed by atoms with Crippen LogP contribution in [0.25, 0.3) is 0 Å². The van der Waals surface area contributed by atoms with Gasteiger partial charge < -0.3 is 4.74 Å². The van der Waals surface area contributed by atoms with Gasteiger partial charge in [0, 0.05) is 0 Å². The molecule has 0 aromatic heterocycles. The molecule has 328 valence electrons. The summed E-state index contributed by atoms with van der Waals surface area (Å²) in [7, 11) is -0.0949. The number of hydrogen-bond donors (Lipinski definition) is 1. The minimum absolute atomic E-state index is 0.0634. The van der Waals surface area contributed by atoms with E-state index in [9.17, 15) is 13.0 Å². The van der Waals surface area contributed by atoms with Crippen molar-refractivity contribution in [3.8, 4) is 17.2 Å². The van der Waals surface area contributed by atoms with Gasteiger partial charge in [-0.05, 0) is 0 Å². The van der Waals surface area contributed by atoms with E-state index in [2.05, 4.69) is 13.8 Å². The number of rotatable bonds is 21. The maximum absolute atomic E-state index is 12.9. The molecule has 4 aromatic rings. The first kappa shape index (κ1) is 46.0. The van der Waals surface area contributed by atoms with E-state index >= 15 is 0 Å². The third-order valence-electron chi connectivity index (χ3n) is 11.4. The predicted molar refractivity (Wildman–Crippen MR) is 230 cm³/mol. The molecule has 0 bridgehead atoms. The van der Waals surface area contributed by atoms with E-state index in [-0.39, 0.29) is 31.8 Å². The van der Waals surface area contributed by atoms with E-state index in [0.717, 1.165) is 50.8 Å². The molecule has 0 spiro atoms. The predicted octanol–water partition coefficient (Wildman–Crippen LogP) is 8.36. The van der Waals surface area contributed by atoms with Gasteiger partial charge in [-0.2, -0.15) is 0 Å². The average Bonchev–Trinajstić information content (AvgIpc) is 3.57. The van der Waals surface area contributed by atoms with Crippen LogP contribution in [-0.2, 0) is 58.1 Å². The van der Waals surface area contributed by atoms with Gasteiger partial charge in [0.15, 0.2) is 0 Å². The molecule has 0 saturated carbocycles. The van der Waals surface area contributed by atoms with Crippen LogP contribution in [0.1, 0.15) is 55.7 Å². The molecule has 2 aliphatic heterocycles. The monoisotopic (exact) mass is 916 g/mol. The van der Waals surface area contributed by atoms with Gasteiger partial charge in [-0.3, -0.25) is 0 Å². The van der Waals surface area contributed by atoms with Crippen LogP contribution in [0, 0.1) is 11.8 Å². The molecule has 4 aromatic carbocycles. The first-order chi connectivity index (χ1) is 29.0. The number of ether oxygens (including phenoxy) is 8. The first-order valence-electron chi connectivity index (χ1n) is 20.4. The fourth-order valence-electron chi connectivity index (χ4n) is 8.15. The summed E-state index contributed by atoms with van der Waals surface area (Å²) in [4.78, 5) is 0.452. The molecule has 12 nitrogen and oxygen atoms in total. The van der Waals surface area contributed by atoms with Gasteiger partial charge in [0.2, 0.25) is 0 Å². The van der Waals surface area contributed by atoms with Crippen LogP contribution in [0.4, 0.5) is 0 Å². The Bertz CT molecular complexity index is 1980. The normalized spacial score (nSPS) is 25.3. The molecule has 14 heteroatoms. The number of hydrogen-bond acceptors (Lipinski definition) is 11. The fraction of sp³-hybridized carbons (Fsp3) is 0.478. The molecule has 60 heavy (non-hydrogen) atoms. The molecule has 10 atom stereocenters. The molecule has 2 saturated heterocycles. The minimum atomic E-state index is -4.96. The molecule has 1 N–H and O–H groups in total. The topological polar surface area (TPSA) is 137 Å². The number of methoxy groups -OCH3 is 3. The zero-order valence-corrected chi connectivity index (χ0v) is 37.9. The van der Waals surface area contributed by atoms with Crippen molar-refractivity contribution < 1.29 is 55.0 Å². The number of benzene rings is 4. The Morgan fingerprint density at radius 2 is 1.27 bits per heavy atom. The van der Waals surface area contributed by atoms with Crippen molar-refractivity contribution in [1.29, 1.82) is 0 Å². The van der Waals surface area contributed by atoms with E-state index in [1.54, 1.807) is 21.3 Å². The Kier molecular flexibility index (Phi) is 16.9. The summed E-state index contributed by atoms with van der Waals surface area (Å²) in [6, 6.07) is 32.5. The van der Waals surface area contributed by atoms with Crippen molar-refractivity contribution in [2.75, 3.05) is 27.9 Å². The van der Waals surface area contributed by atoms with Crippen LogP contribution >= 0.6 is 0 Å². The van der Waals surface area contributed by atoms with Crippen LogP contribution in [-0.4, -0.2) is 85.3 Å². The zero-order valence-electron chi connectivity index (χ0n) is 35.3. The van der Waals surface area contributed by atoms with Crippen molar-refractivity contribution in [3.63, 3.8) is 0 Å². The van der Waals surface area contributed by atoms with Crippen molar-refractivity contribution in [2.45, 2.75) is 99.3 Å². The summed E-state index contributed by atoms with van der Waals surface area (Å²) >= 11 is -1.71. The van der Waals surface area contributed by atoms with Crippen LogP contribution in [0.15, 0.2) is 103 Å². The second-order valence-corrected chi connectivity index (χ2v) is 21.9. The Morgan fingerprint density at radius 3 is 1.77 bits per heavy atom. The van der Waals surface area contributed by atoms with Crippen LogP contribution in [0.5, 0.6) is 17.2 Å². The molecule has 2 fully saturated rings. The summed E-state index contributed by atoms with van der Waals surface area (Å²) in [6.45, 7) is 7.38. The van der Waals surface area contributed by atoms with Gasteiger partial charge in [0.05, 0.1) is 7.11 Å². The van der Waals surface area contributed by atoms with Crippen molar-refractivity contribution >= 4 is 24.3 Å².